The van der Waals surface area contributed by atoms with E-state index in [1.54, 1.807) is 18.8 Å². The van der Waals surface area contributed by atoms with Crippen molar-refractivity contribution >= 4 is 17.7 Å². The number of thioether (sulfide) groups is 1. The molecule has 1 amide bonds. The van der Waals surface area contributed by atoms with Gasteiger partial charge >= 0.3 is 0 Å². The predicted molar refractivity (Wildman–Crippen MR) is 67.1 cm³/mol. The molecule has 1 aromatic carbocycles. The zero-order valence-corrected chi connectivity index (χ0v) is 10.3. The second-order valence-electron chi connectivity index (χ2n) is 3.40. The van der Waals surface area contributed by atoms with Crippen LogP contribution in [-0.2, 0) is 11.2 Å². The summed E-state index contributed by atoms with van der Waals surface area (Å²) in [6.07, 6.45) is 2.57. The highest BCUT2D eigenvalue weighted by molar-refractivity contribution is 7.98. The highest BCUT2D eigenvalue weighted by Gasteiger charge is 2.12. The molecule has 0 saturated carbocycles. The van der Waals surface area contributed by atoms with Gasteiger partial charge in [0.2, 0.25) is 0 Å². The fraction of sp³-hybridized carbons (Fsp3) is 0.364. The lowest BCUT2D eigenvalue weighted by molar-refractivity contribution is -0.123. The van der Waals surface area contributed by atoms with Crippen LogP contribution >= 0.6 is 11.8 Å². The summed E-state index contributed by atoms with van der Waals surface area (Å²) in [6, 6.07) is 7.54. The van der Waals surface area contributed by atoms with E-state index >= 15 is 0 Å². The molecule has 16 heavy (non-hydrogen) atoms. The van der Waals surface area contributed by atoms with Crippen molar-refractivity contribution in [1.82, 2.24) is 10.9 Å². The van der Waals surface area contributed by atoms with E-state index in [2.05, 4.69) is 10.9 Å². The number of amides is 1. The van der Waals surface area contributed by atoms with Crippen molar-refractivity contribution in [2.24, 2.45) is 5.73 Å². The number of hydrazine groups is 1. The van der Waals surface area contributed by atoms with Gasteiger partial charge in [-0.05, 0) is 30.4 Å². The SMILES string of the molecule is CNNC(=O)C(N)Cc1ccc(SC)cc1. The molecule has 0 saturated heterocycles. The zero-order chi connectivity index (χ0) is 12.0. The standard InChI is InChI=1S/C11H17N3OS/c1-13-14-11(15)10(12)7-8-3-5-9(16-2)6-4-8/h3-6,10,13H,7,12H2,1-2H3,(H,14,15). The molecule has 0 heterocycles. The number of benzene rings is 1. The Bertz CT molecular complexity index is 340. The molecule has 4 N–H and O–H groups in total. The van der Waals surface area contributed by atoms with Crippen LogP contribution < -0.4 is 16.6 Å². The lowest BCUT2D eigenvalue weighted by Gasteiger charge is -2.11. The maximum atomic E-state index is 11.4. The first kappa shape index (κ1) is 13.0. The second kappa shape index (κ2) is 6.52. The van der Waals surface area contributed by atoms with E-state index in [-0.39, 0.29) is 5.91 Å². The molecule has 0 aromatic heterocycles. The van der Waals surface area contributed by atoms with Gasteiger partial charge < -0.3 is 5.73 Å². The van der Waals surface area contributed by atoms with Gasteiger partial charge in [-0.1, -0.05) is 12.1 Å². The molecular weight excluding hydrogens is 222 g/mol. The van der Waals surface area contributed by atoms with Crippen LogP contribution in [-0.4, -0.2) is 25.3 Å². The van der Waals surface area contributed by atoms with Gasteiger partial charge in [0.1, 0.15) is 0 Å². The number of hydrogen-bond acceptors (Lipinski definition) is 4. The Morgan fingerprint density at radius 2 is 2.06 bits per heavy atom. The Morgan fingerprint density at radius 3 is 2.56 bits per heavy atom. The second-order valence-corrected chi connectivity index (χ2v) is 4.28. The minimum Gasteiger partial charge on any atom is -0.320 e. The average molecular weight is 239 g/mol. The zero-order valence-electron chi connectivity index (χ0n) is 9.49. The molecule has 0 aliphatic rings. The maximum absolute atomic E-state index is 11.4. The number of carbonyl (C=O) groups excluding carboxylic acids is 1. The average Bonchev–Trinajstić information content (AvgIpc) is 2.30. The Balaban J connectivity index is 2.55. The summed E-state index contributed by atoms with van der Waals surface area (Å²) in [6.45, 7) is 0. The van der Waals surface area contributed by atoms with E-state index in [0.29, 0.717) is 6.42 Å². The van der Waals surface area contributed by atoms with E-state index in [0.717, 1.165) is 5.56 Å². The van der Waals surface area contributed by atoms with E-state index in [4.69, 9.17) is 5.73 Å². The smallest absolute Gasteiger partial charge is 0.251 e. The van der Waals surface area contributed by atoms with Gasteiger partial charge in [0, 0.05) is 11.9 Å². The Labute approximate surface area is 100.0 Å². The lowest BCUT2D eigenvalue weighted by Crippen LogP contribution is -2.46. The lowest BCUT2D eigenvalue weighted by atomic mass is 10.1. The molecule has 0 fully saturated rings. The molecule has 88 valence electrons. The van der Waals surface area contributed by atoms with Gasteiger partial charge in [-0.25, -0.2) is 5.43 Å². The number of nitrogens with one attached hydrogen (secondary N) is 2. The topological polar surface area (TPSA) is 67.1 Å². The summed E-state index contributed by atoms with van der Waals surface area (Å²) in [5.41, 5.74) is 11.9. The quantitative estimate of drug-likeness (QED) is 0.518. The third-order valence-electron chi connectivity index (χ3n) is 2.20. The minimum atomic E-state index is -0.521. The first-order valence-electron chi connectivity index (χ1n) is 5.02. The predicted octanol–water partition coefficient (Wildman–Crippen LogP) is 0.529. The summed E-state index contributed by atoms with van der Waals surface area (Å²) in [4.78, 5) is 12.6. The molecule has 0 radical (unpaired) electrons. The molecule has 0 aliphatic heterocycles. The van der Waals surface area contributed by atoms with Crippen LogP contribution in [0.4, 0.5) is 0 Å². The van der Waals surface area contributed by atoms with Crippen molar-refractivity contribution in [2.45, 2.75) is 17.4 Å². The third-order valence-corrected chi connectivity index (χ3v) is 2.94. The van der Waals surface area contributed by atoms with Crippen LogP contribution in [0.25, 0.3) is 0 Å². The number of nitrogens with two attached hydrogens (primary N) is 1. The molecule has 1 rings (SSSR count). The molecule has 1 aromatic rings. The van der Waals surface area contributed by atoms with Gasteiger partial charge in [0.15, 0.2) is 0 Å². The van der Waals surface area contributed by atoms with Crippen LogP contribution in [0.1, 0.15) is 5.56 Å². The monoisotopic (exact) mass is 239 g/mol. The van der Waals surface area contributed by atoms with Crippen molar-refractivity contribution in [3.8, 4) is 0 Å². The van der Waals surface area contributed by atoms with Crippen LogP contribution in [0.5, 0.6) is 0 Å². The van der Waals surface area contributed by atoms with Crippen LogP contribution in [0.3, 0.4) is 0 Å². The van der Waals surface area contributed by atoms with Crippen molar-refractivity contribution in [3.63, 3.8) is 0 Å². The number of rotatable bonds is 5. The highest BCUT2D eigenvalue weighted by atomic mass is 32.2. The summed E-state index contributed by atoms with van der Waals surface area (Å²) >= 11 is 1.69. The van der Waals surface area contributed by atoms with E-state index in [1.165, 1.54) is 4.90 Å². The first-order chi connectivity index (χ1) is 7.67. The minimum absolute atomic E-state index is 0.198. The van der Waals surface area contributed by atoms with Gasteiger partial charge in [-0.15, -0.1) is 11.8 Å². The van der Waals surface area contributed by atoms with Gasteiger partial charge in [-0.2, -0.15) is 0 Å². The first-order valence-corrected chi connectivity index (χ1v) is 6.25. The number of hydrogen-bond donors (Lipinski definition) is 3. The fourth-order valence-corrected chi connectivity index (χ4v) is 1.73. The van der Waals surface area contributed by atoms with E-state index < -0.39 is 6.04 Å². The highest BCUT2D eigenvalue weighted by Crippen LogP contribution is 2.15. The van der Waals surface area contributed by atoms with Crippen LogP contribution in [0, 0.1) is 0 Å². The summed E-state index contributed by atoms with van der Waals surface area (Å²) in [5, 5.41) is 0. The maximum Gasteiger partial charge on any atom is 0.251 e. The Hall–Kier alpha value is -1.04. The van der Waals surface area contributed by atoms with Crippen molar-refractivity contribution in [2.75, 3.05) is 13.3 Å². The van der Waals surface area contributed by atoms with Crippen molar-refractivity contribution in [3.05, 3.63) is 29.8 Å². The summed E-state index contributed by atoms with van der Waals surface area (Å²) in [7, 11) is 1.64. The third kappa shape index (κ3) is 3.84. The van der Waals surface area contributed by atoms with Gasteiger partial charge in [-0.3, -0.25) is 10.2 Å². The normalized spacial score (nSPS) is 12.2. The summed E-state index contributed by atoms with van der Waals surface area (Å²) < 4.78 is 0. The molecule has 4 nitrogen and oxygen atoms in total. The fourth-order valence-electron chi connectivity index (χ4n) is 1.32. The number of carbonyl (C=O) groups is 1. The van der Waals surface area contributed by atoms with E-state index in [9.17, 15) is 4.79 Å². The largest absolute Gasteiger partial charge is 0.320 e. The molecule has 0 bridgehead atoms. The van der Waals surface area contributed by atoms with Gasteiger partial charge in [0.05, 0.1) is 6.04 Å². The van der Waals surface area contributed by atoms with Crippen molar-refractivity contribution in [1.29, 1.82) is 0 Å². The van der Waals surface area contributed by atoms with Crippen molar-refractivity contribution < 1.29 is 4.79 Å². The summed E-state index contributed by atoms with van der Waals surface area (Å²) in [5.74, 6) is -0.198. The van der Waals surface area contributed by atoms with E-state index in [1.807, 2.05) is 30.5 Å². The molecule has 1 atom stereocenters. The Morgan fingerprint density at radius 1 is 1.44 bits per heavy atom. The molecular formula is C11H17N3OS. The molecule has 5 heteroatoms. The Kier molecular flexibility index (Phi) is 5.31. The molecule has 0 spiro atoms. The van der Waals surface area contributed by atoms with Gasteiger partial charge in [0.25, 0.3) is 5.91 Å². The molecule has 0 aliphatic carbocycles. The van der Waals surface area contributed by atoms with Crippen LogP contribution in [0.15, 0.2) is 29.2 Å². The molecule has 1 unspecified atom stereocenters. The van der Waals surface area contributed by atoms with Crippen LogP contribution in [0.2, 0.25) is 0 Å².